The van der Waals surface area contributed by atoms with Gasteiger partial charge >= 0.3 is 0 Å². The Morgan fingerprint density at radius 1 is 1.38 bits per heavy atom. The van der Waals surface area contributed by atoms with Crippen molar-refractivity contribution < 1.29 is 4.39 Å². The van der Waals surface area contributed by atoms with E-state index in [0.29, 0.717) is 0 Å². The standard InChI is InChI=1S/C16H27FN4/c1-12(15(18)14-6-5-13(17)9-19-14)10-21-8-7-20(4)16(2,3)11-21/h5-6,9,12,15H,7-8,10-11,18H2,1-4H3. The summed E-state index contributed by atoms with van der Waals surface area (Å²) in [6.45, 7) is 10.8. The number of rotatable bonds is 4. The van der Waals surface area contributed by atoms with E-state index in [4.69, 9.17) is 5.73 Å². The maximum absolute atomic E-state index is 12.9. The Kier molecular flexibility index (Phi) is 4.96. The van der Waals surface area contributed by atoms with E-state index in [1.807, 2.05) is 0 Å². The van der Waals surface area contributed by atoms with Crippen LogP contribution in [0.5, 0.6) is 0 Å². The van der Waals surface area contributed by atoms with Crippen LogP contribution in [-0.4, -0.2) is 53.5 Å². The van der Waals surface area contributed by atoms with Crippen LogP contribution in [0.1, 0.15) is 32.5 Å². The Balaban J connectivity index is 1.95. The topological polar surface area (TPSA) is 45.4 Å². The second kappa shape index (κ2) is 6.38. The predicted molar refractivity (Wildman–Crippen MR) is 83.4 cm³/mol. The summed E-state index contributed by atoms with van der Waals surface area (Å²) < 4.78 is 12.9. The number of nitrogens with two attached hydrogens (primary N) is 1. The van der Waals surface area contributed by atoms with Crippen LogP contribution in [0.4, 0.5) is 4.39 Å². The Morgan fingerprint density at radius 2 is 2.10 bits per heavy atom. The molecule has 2 unspecified atom stereocenters. The molecule has 0 radical (unpaired) electrons. The summed E-state index contributed by atoms with van der Waals surface area (Å²) in [5.41, 5.74) is 7.23. The zero-order valence-electron chi connectivity index (χ0n) is 13.5. The maximum atomic E-state index is 12.9. The fourth-order valence-electron chi connectivity index (χ4n) is 2.89. The van der Waals surface area contributed by atoms with Crippen LogP contribution in [0.15, 0.2) is 18.3 Å². The van der Waals surface area contributed by atoms with Gasteiger partial charge < -0.3 is 5.73 Å². The molecule has 1 saturated heterocycles. The third-order valence-electron chi connectivity index (χ3n) is 4.65. The average molecular weight is 294 g/mol. The van der Waals surface area contributed by atoms with Crippen molar-refractivity contribution in [1.82, 2.24) is 14.8 Å². The van der Waals surface area contributed by atoms with Crippen molar-refractivity contribution in [2.24, 2.45) is 11.7 Å². The molecule has 1 aliphatic rings. The van der Waals surface area contributed by atoms with Crippen molar-refractivity contribution in [1.29, 1.82) is 0 Å². The van der Waals surface area contributed by atoms with Gasteiger partial charge in [0.1, 0.15) is 5.82 Å². The maximum Gasteiger partial charge on any atom is 0.141 e. The zero-order chi connectivity index (χ0) is 15.6. The smallest absolute Gasteiger partial charge is 0.141 e. The summed E-state index contributed by atoms with van der Waals surface area (Å²) in [4.78, 5) is 8.97. The molecule has 1 aliphatic heterocycles. The highest BCUT2D eigenvalue weighted by atomic mass is 19.1. The van der Waals surface area contributed by atoms with E-state index in [0.717, 1.165) is 31.9 Å². The van der Waals surface area contributed by atoms with Crippen LogP contribution in [0.3, 0.4) is 0 Å². The fourth-order valence-corrected chi connectivity index (χ4v) is 2.89. The fraction of sp³-hybridized carbons (Fsp3) is 0.688. The van der Waals surface area contributed by atoms with Crippen LogP contribution >= 0.6 is 0 Å². The summed E-state index contributed by atoms with van der Waals surface area (Å²) in [5, 5.41) is 0. The van der Waals surface area contributed by atoms with Gasteiger partial charge in [0.15, 0.2) is 0 Å². The van der Waals surface area contributed by atoms with Crippen molar-refractivity contribution >= 4 is 0 Å². The molecule has 0 bridgehead atoms. The first-order valence-corrected chi connectivity index (χ1v) is 7.60. The van der Waals surface area contributed by atoms with Gasteiger partial charge in [-0.05, 0) is 38.9 Å². The minimum absolute atomic E-state index is 0.159. The van der Waals surface area contributed by atoms with Gasteiger partial charge in [-0.3, -0.25) is 14.8 Å². The third-order valence-corrected chi connectivity index (χ3v) is 4.65. The number of aromatic nitrogens is 1. The van der Waals surface area contributed by atoms with Gasteiger partial charge in [0.2, 0.25) is 0 Å². The summed E-state index contributed by atoms with van der Waals surface area (Å²) in [5.74, 6) is -0.0402. The van der Waals surface area contributed by atoms with Crippen molar-refractivity contribution in [2.75, 3.05) is 33.2 Å². The summed E-state index contributed by atoms with van der Waals surface area (Å²) in [6.07, 6.45) is 1.24. The molecule has 0 aromatic carbocycles. The second-order valence-corrected chi connectivity index (χ2v) is 6.87. The lowest BCUT2D eigenvalue weighted by Crippen LogP contribution is -2.58. The molecular weight excluding hydrogens is 267 g/mol. The predicted octanol–water partition coefficient (Wildman–Crippen LogP) is 1.88. The first-order chi connectivity index (χ1) is 9.79. The van der Waals surface area contributed by atoms with Gasteiger partial charge in [0.25, 0.3) is 0 Å². The van der Waals surface area contributed by atoms with Crippen LogP contribution in [0.2, 0.25) is 0 Å². The van der Waals surface area contributed by atoms with E-state index in [1.54, 1.807) is 6.07 Å². The second-order valence-electron chi connectivity index (χ2n) is 6.87. The summed E-state index contributed by atoms with van der Waals surface area (Å²) in [6, 6.07) is 2.95. The number of nitrogens with zero attached hydrogens (tertiary/aromatic N) is 3. The molecular formula is C16H27FN4. The number of hydrogen-bond donors (Lipinski definition) is 1. The molecule has 118 valence electrons. The molecule has 1 fully saturated rings. The molecule has 0 aliphatic carbocycles. The highest BCUT2D eigenvalue weighted by Gasteiger charge is 2.32. The average Bonchev–Trinajstić information content (AvgIpc) is 2.42. The van der Waals surface area contributed by atoms with E-state index >= 15 is 0 Å². The number of halogens is 1. The number of piperazine rings is 1. The summed E-state index contributed by atoms with van der Waals surface area (Å²) in [7, 11) is 2.18. The van der Waals surface area contributed by atoms with Crippen molar-refractivity contribution in [3.63, 3.8) is 0 Å². The quantitative estimate of drug-likeness (QED) is 0.921. The first-order valence-electron chi connectivity index (χ1n) is 7.60. The lowest BCUT2D eigenvalue weighted by molar-refractivity contribution is 0.0313. The molecule has 0 saturated carbocycles. The monoisotopic (exact) mass is 294 g/mol. The highest BCUT2D eigenvalue weighted by molar-refractivity contribution is 5.10. The van der Waals surface area contributed by atoms with Gasteiger partial charge in [-0.15, -0.1) is 0 Å². The molecule has 4 nitrogen and oxygen atoms in total. The van der Waals surface area contributed by atoms with E-state index in [-0.39, 0.29) is 23.3 Å². The summed E-state index contributed by atoms with van der Waals surface area (Å²) >= 11 is 0. The van der Waals surface area contributed by atoms with Crippen LogP contribution in [-0.2, 0) is 0 Å². The van der Waals surface area contributed by atoms with Gasteiger partial charge in [0, 0.05) is 31.7 Å². The molecule has 2 heterocycles. The van der Waals surface area contributed by atoms with Gasteiger partial charge in [-0.2, -0.15) is 0 Å². The molecule has 2 rings (SSSR count). The molecule has 0 amide bonds. The normalized spacial score (nSPS) is 23.0. The lowest BCUT2D eigenvalue weighted by atomic mass is 9.95. The lowest BCUT2D eigenvalue weighted by Gasteiger charge is -2.46. The molecule has 1 aromatic rings. The molecule has 5 heteroatoms. The van der Waals surface area contributed by atoms with Gasteiger partial charge in [-0.25, -0.2) is 4.39 Å². The minimum atomic E-state index is -0.320. The molecule has 1 aromatic heterocycles. The van der Waals surface area contributed by atoms with Gasteiger partial charge in [0.05, 0.1) is 17.9 Å². The van der Waals surface area contributed by atoms with Crippen molar-refractivity contribution in [3.05, 3.63) is 29.8 Å². The zero-order valence-corrected chi connectivity index (χ0v) is 13.5. The molecule has 21 heavy (non-hydrogen) atoms. The number of likely N-dealkylation sites (N-methyl/N-ethyl adjacent to an activating group) is 1. The van der Waals surface area contributed by atoms with E-state index in [2.05, 4.69) is 42.6 Å². The highest BCUT2D eigenvalue weighted by Crippen LogP contribution is 2.23. The Hall–Kier alpha value is -1.04. The van der Waals surface area contributed by atoms with E-state index in [1.165, 1.54) is 12.3 Å². The largest absolute Gasteiger partial charge is 0.322 e. The SMILES string of the molecule is CC(CN1CCN(C)C(C)(C)C1)C(N)c1ccc(F)cn1. The van der Waals surface area contributed by atoms with E-state index < -0.39 is 0 Å². The number of hydrogen-bond acceptors (Lipinski definition) is 4. The Morgan fingerprint density at radius 3 is 2.67 bits per heavy atom. The Labute approximate surface area is 127 Å². The minimum Gasteiger partial charge on any atom is -0.322 e. The third kappa shape index (κ3) is 3.99. The van der Waals surface area contributed by atoms with Gasteiger partial charge in [-0.1, -0.05) is 6.92 Å². The van der Waals surface area contributed by atoms with Crippen molar-refractivity contribution in [3.8, 4) is 0 Å². The first kappa shape index (κ1) is 16.3. The van der Waals surface area contributed by atoms with Crippen LogP contribution in [0, 0.1) is 11.7 Å². The van der Waals surface area contributed by atoms with Crippen LogP contribution < -0.4 is 5.73 Å². The van der Waals surface area contributed by atoms with Crippen molar-refractivity contribution in [2.45, 2.75) is 32.4 Å². The molecule has 2 N–H and O–H groups in total. The van der Waals surface area contributed by atoms with E-state index in [9.17, 15) is 4.39 Å². The molecule has 2 atom stereocenters. The Bertz CT molecular complexity index is 460. The van der Waals surface area contributed by atoms with Crippen LogP contribution in [0.25, 0.3) is 0 Å². The molecule has 0 spiro atoms. The number of pyridine rings is 1.